The molecular weight excluding hydrogens is 310 g/mol. The first kappa shape index (κ1) is 16.1. The van der Waals surface area contributed by atoms with Crippen molar-refractivity contribution in [1.29, 1.82) is 0 Å². The molecule has 1 aromatic carbocycles. The fraction of sp³-hybridized carbons (Fsp3) is 0.429. The molecule has 0 saturated heterocycles. The molecule has 2 amide bonds. The zero-order valence-corrected chi connectivity index (χ0v) is 14.4. The molecule has 1 fully saturated rings. The molecule has 1 heterocycles. The van der Waals surface area contributed by atoms with E-state index in [1.165, 1.54) is 29.5 Å². The van der Waals surface area contributed by atoms with Gasteiger partial charge in [-0.1, -0.05) is 24.3 Å². The summed E-state index contributed by atoms with van der Waals surface area (Å²) in [6.45, 7) is 0.651. The zero-order valence-electron chi connectivity index (χ0n) is 14.4. The van der Waals surface area contributed by atoms with Crippen molar-refractivity contribution in [2.24, 2.45) is 11.8 Å². The number of carbonyl (C=O) groups is 1. The van der Waals surface area contributed by atoms with Crippen LogP contribution < -0.4 is 10.6 Å². The lowest BCUT2D eigenvalue weighted by molar-refractivity contribution is 0.228. The van der Waals surface area contributed by atoms with Crippen molar-refractivity contribution in [1.82, 2.24) is 15.6 Å². The third-order valence-electron chi connectivity index (χ3n) is 5.75. The van der Waals surface area contributed by atoms with Crippen molar-refractivity contribution in [2.75, 3.05) is 6.54 Å². The Hall–Kier alpha value is -2.36. The lowest BCUT2D eigenvalue weighted by Crippen LogP contribution is -2.47. The molecule has 2 aromatic rings. The van der Waals surface area contributed by atoms with Crippen molar-refractivity contribution in [3.8, 4) is 0 Å². The van der Waals surface area contributed by atoms with Crippen LogP contribution in [0, 0.1) is 11.8 Å². The predicted octanol–water partition coefficient (Wildman–Crippen LogP) is 3.12. The van der Waals surface area contributed by atoms with E-state index in [-0.39, 0.29) is 6.03 Å². The summed E-state index contributed by atoms with van der Waals surface area (Å²) in [4.78, 5) is 16.4. The van der Waals surface area contributed by atoms with E-state index in [4.69, 9.17) is 0 Å². The average molecular weight is 335 g/mol. The second kappa shape index (κ2) is 7.26. The minimum absolute atomic E-state index is 0.0260. The Morgan fingerprint density at radius 1 is 1.00 bits per heavy atom. The van der Waals surface area contributed by atoms with Gasteiger partial charge in [0.25, 0.3) is 0 Å². The van der Waals surface area contributed by atoms with Crippen molar-refractivity contribution in [3.05, 3.63) is 65.5 Å². The van der Waals surface area contributed by atoms with E-state index in [0.29, 0.717) is 24.4 Å². The van der Waals surface area contributed by atoms with Gasteiger partial charge in [-0.25, -0.2) is 4.79 Å². The topological polar surface area (TPSA) is 54.0 Å². The molecule has 2 aliphatic carbocycles. The van der Waals surface area contributed by atoms with E-state index in [9.17, 15) is 4.79 Å². The molecule has 1 saturated carbocycles. The maximum absolute atomic E-state index is 12.4. The van der Waals surface area contributed by atoms with Crippen molar-refractivity contribution >= 4 is 6.03 Å². The first-order valence-electron chi connectivity index (χ1n) is 9.29. The van der Waals surface area contributed by atoms with Crippen LogP contribution in [0.3, 0.4) is 0 Å². The summed E-state index contributed by atoms with van der Waals surface area (Å²) in [7, 11) is 0. The van der Waals surface area contributed by atoms with Gasteiger partial charge < -0.3 is 10.6 Å². The van der Waals surface area contributed by atoms with E-state index in [0.717, 1.165) is 19.3 Å². The molecule has 2 bridgehead atoms. The molecule has 2 aliphatic rings. The Balaban J connectivity index is 1.33. The Labute approximate surface area is 149 Å². The summed E-state index contributed by atoms with van der Waals surface area (Å²) in [5, 5.41) is 6.30. The van der Waals surface area contributed by atoms with Crippen LogP contribution in [0.15, 0.2) is 48.8 Å². The highest BCUT2D eigenvalue weighted by molar-refractivity contribution is 5.74. The second-order valence-electron chi connectivity index (χ2n) is 7.31. The van der Waals surface area contributed by atoms with Crippen molar-refractivity contribution in [3.63, 3.8) is 0 Å². The van der Waals surface area contributed by atoms with Crippen LogP contribution in [0.25, 0.3) is 0 Å². The van der Waals surface area contributed by atoms with Crippen LogP contribution >= 0.6 is 0 Å². The monoisotopic (exact) mass is 335 g/mol. The van der Waals surface area contributed by atoms with E-state index in [2.05, 4.69) is 39.9 Å². The highest BCUT2D eigenvalue weighted by atomic mass is 16.2. The summed E-state index contributed by atoms with van der Waals surface area (Å²) in [5.41, 5.74) is 4.14. The normalized spacial score (nSPS) is 24.2. The largest absolute Gasteiger partial charge is 0.338 e. The molecule has 4 rings (SSSR count). The van der Waals surface area contributed by atoms with Gasteiger partial charge in [-0.3, -0.25) is 4.98 Å². The van der Waals surface area contributed by atoms with Gasteiger partial charge in [-0.2, -0.15) is 0 Å². The molecule has 0 radical (unpaired) electrons. The number of hydrogen-bond donors (Lipinski definition) is 2. The van der Waals surface area contributed by atoms with Crippen molar-refractivity contribution in [2.45, 2.75) is 38.1 Å². The predicted molar refractivity (Wildman–Crippen MR) is 98.3 cm³/mol. The second-order valence-corrected chi connectivity index (χ2v) is 7.31. The van der Waals surface area contributed by atoms with Crippen LogP contribution in [0.5, 0.6) is 0 Å². The van der Waals surface area contributed by atoms with Crippen LogP contribution in [0.1, 0.15) is 29.5 Å². The molecule has 130 valence electrons. The van der Waals surface area contributed by atoms with E-state index >= 15 is 0 Å². The minimum atomic E-state index is -0.0260. The Morgan fingerprint density at radius 3 is 2.28 bits per heavy atom. The molecule has 4 nitrogen and oxygen atoms in total. The minimum Gasteiger partial charge on any atom is -0.338 e. The van der Waals surface area contributed by atoms with Gasteiger partial charge in [-0.05, 0) is 72.8 Å². The molecule has 4 heteroatoms. The number of hydrogen-bond acceptors (Lipinski definition) is 2. The van der Waals surface area contributed by atoms with E-state index in [1.807, 2.05) is 12.1 Å². The van der Waals surface area contributed by atoms with Gasteiger partial charge in [0, 0.05) is 25.0 Å². The maximum atomic E-state index is 12.4. The Morgan fingerprint density at radius 2 is 1.64 bits per heavy atom. The summed E-state index contributed by atoms with van der Waals surface area (Å²) >= 11 is 0. The summed E-state index contributed by atoms with van der Waals surface area (Å²) in [6, 6.07) is 13.0. The van der Waals surface area contributed by atoms with Crippen molar-refractivity contribution < 1.29 is 4.79 Å². The number of pyridine rings is 1. The number of rotatable bonds is 4. The number of aromatic nitrogens is 1. The van der Waals surface area contributed by atoms with Crippen LogP contribution in [-0.2, 0) is 19.3 Å². The number of nitrogens with one attached hydrogen (secondary N) is 2. The van der Waals surface area contributed by atoms with Gasteiger partial charge in [0.05, 0.1) is 0 Å². The quantitative estimate of drug-likeness (QED) is 0.902. The fourth-order valence-corrected chi connectivity index (χ4v) is 4.46. The number of amides is 2. The molecule has 2 atom stereocenters. The maximum Gasteiger partial charge on any atom is 0.315 e. The lowest BCUT2D eigenvalue weighted by atomic mass is 9.94. The molecule has 25 heavy (non-hydrogen) atoms. The zero-order chi connectivity index (χ0) is 17.1. The SMILES string of the molecule is O=C(NCCc1ccncc1)NC1C2CCC1Cc1ccccc1C2. The third-order valence-corrected chi connectivity index (χ3v) is 5.75. The smallest absolute Gasteiger partial charge is 0.315 e. The third kappa shape index (κ3) is 3.68. The highest BCUT2D eigenvalue weighted by Crippen LogP contribution is 2.39. The number of carbonyl (C=O) groups excluding carboxylic acids is 1. The molecular formula is C21H25N3O. The fourth-order valence-electron chi connectivity index (χ4n) is 4.46. The number of benzene rings is 1. The first-order chi connectivity index (χ1) is 12.3. The molecule has 2 unspecified atom stereocenters. The molecule has 0 spiro atoms. The highest BCUT2D eigenvalue weighted by Gasteiger charge is 2.39. The van der Waals surface area contributed by atoms with E-state index < -0.39 is 0 Å². The number of urea groups is 1. The summed E-state index contributed by atoms with van der Waals surface area (Å²) in [6.07, 6.45) is 9.04. The van der Waals surface area contributed by atoms with Crippen LogP contribution in [-0.4, -0.2) is 23.6 Å². The Bertz CT molecular complexity index is 698. The van der Waals surface area contributed by atoms with Gasteiger partial charge in [0.1, 0.15) is 0 Å². The molecule has 2 N–H and O–H groups in total. The standard InChI is InChI=1S/C21H25N3O/c25-21(23-12-9-15-7-10-22-11-8-15)24-20-18-5-6-19(20)14-17-4-2-1-3-16(17)13-18/h1-4,7-8,10-11,18-20H,5-6,9,12-14H2,(H2,23,24,25). The number of fused-ring (bicyclic) bond motifs is 3. The van der Waals surface area contributed by atoms with Gasteiger partial charge in [-0.15, -0.1) is 0 Å². The lowest BCUT2D eigenvalue weighted by Gasteiger charge is -2.24. The first-order valence-corrected chi connectivity index (χ1v) is 9.29. The van der Waals surface area contributed by atoms with Gasteiger partial charge >= 0.3 is 6.03 Å². The summed E-state index contributed by atoms with van der Waals surface area (Å²) in [5.74, 6) is 1.14. The van der Waals surface area contributed by atoms with Gasteiger partial charge in [0.2, 0.25) is 0 Å². The van der Waals surface area contributed by atoms with E-state index in [1.54, 1.807) is 12.4 Å². The summed E-state index contributed by atoms with van der Waals surface area (Å²) < 4.78 is 0. The van der Waals surface area contributed by atoms with Crippen LogP contribution in [0.2, 0.25) is 0 Å². The van der Waals surface area contributed by atoms with Crippen LogP contribution in [0.4, 0.5) is 4.79 Å². The molecule has 0 aliphatic heterocycles. The Kier molecular flexibility index (Phi) is 4.68. The number of nitrogens with zero attached hydrogens (tertiary/aromatic N) is 1. The molecule has 1 aromatic heterocycles. The van der Waals surface area contributed by atoms with Gasteiger partial charge in [0.15, 0.2) is 0 Å². The average Bonchev–Trinajstić information content (AvgIpc) is 2.90.